The number of anilines is 2. The largest absolute Gasteiger partial charge is 0.367 e. The van der Waals surface area contributed by atoms with Crippen LogP contribution in [0.3, 0.4) is 0 Å². The van der Waals surface area contributed by atoms with Crippen LogP contribution >= 0.6 is 11.3 Å². The molecule has 1 saturated carbocycles. The van der Waals surface area contributed by atoms with Gasteiger partial charge in [0.2, 0.25) is 5.95 Å². The molecular formula is C23H31N5S. The van der Waals surface area contributed by atoms with Gasteiger partial charge in [-0.25, -0.2) is 9.97 Å². The van der Waals surface area contributed by atoms with Gasteiger partial charge in [-0.2, -0.15) is 4.98 Å². The third kappa shape index (κ3) is 4.69. The number of thiazole rings is 1. The number of aryl methyl sites for hydroxylation is 1. The molecule has 2 atom stereocenters. The summed E-state index contributed by atoms with van der Waals surface area (Å²) in [6, 6.07) is 8.77. The number of unbranched alkanes of at least 4 members (excludes halogenated alkanes) is 2. The second kappa shape index (κ2) is 9.08. The van der Waals surface area contributed by atoms with Crippen molar-refractivity contribution in [2.24, 2.45) is 5.92 Å². The van der Waals surface area contributed by atoms with Crippen molar-refractivity contribution in [3.63, 3.8) is 0 Å². The number of benzene rings is 1. The zero-order valence-corrected chi connectivity index (χ0v) is 18.5. The van der Waals surface area contributed by atoms with Gasteiger partial charge in [-0.1, -0.05) is 38.8 Å². The summed E-state index contributed by atoms with van der Waals surface area (Å²) in [5.41, 5.74) is 3.06. The normalized spacial score (nSPS) is 19.0. The number of hydrogen-bond donors (Lipinski definition) is 2. The summed E-state index contributed by atoms with van der Waals surface area (Å²) >= 11 is 1.72. The summed E-state index contributed by atoms with van der Waals surface area (Å²) < 4.78 is 1.20. The highest BCUT2D eigenvalue weighted by atomic mass is 32.1. The molecule has 2 heterocycles. The molecule has 0 saturated heterocycles. The van der Waals surface area contributed by atoms with E-state index in [1.165, 1.54) is 36.8 Å². The zero-order chi connectivity index (χ0) is 20.2. The highest BCUT2D eigenvalue weighted by Crippen LogP contribution is 2.37. The van der Waals surface area contributed by atoms with Crippen molar-refractivity contribution in [1.29, 1.82) is 0 Å². The fourth-order valence-electron chi connectivity index (χ4n) is 4.10. The van der Waals surface area contributed by atoms with Crippen LogP contribution in [-0.4, -0.2) is 27.5 Å². The summed E-state index contributed by atoms with van der Waals surface area (Å²) in [4.78, 5) is 14.6. The first-order valence-electron chi connectivity index (χ1n) is 10.9. The molecule has 1 fully saturated rings. The number of nitrogens with one attached hydrogen (secondary N) is 2. The SMILES string of the molecule is CCCCCNc1nc(C)c(-c2nc3ccccc3s2)c(N[C@@H]2CC[C@@H](C)C2)n1. The summed E-state index contributed by atoms with van der Waals surface area (Å²) in [6.45, 7) is 7.54. The molecule has 5 nitrogen and oxygen atoms in total. The average molecular weight is 410 g/mol. The minimum atomic E-state index is 0.473. The van der Waals surface area contributed by atoms with Crippen LogP contribution in [0.4, 0.5) is 11.8 Å². The highest BCUT2D eigenvalue weighted by Gasteiger charge is 2.24. The lowest BCUT2D eigenvalue weighted by Crippen LogP contribution is -2.19. The fourth-order valence-corrected chi connectivity index (χ4v) is 5.16. The van der Waals surface area contributed by atoms with Crippen molar-refractivity contribution in [3.8, 4) is 10.6 Å². The van der Waals surface area contributed by atoms with Gasteiger partial charge >= 0.3 is 0 Å². The first-order chi connectivity index (χ1) is 14.1. The maximum Gasteiger partial charge on any atom is 0.224 e. The van der Waals surface area contributed by atoms with E-state index >= 15 is 0 Å². The highest BCUT2D eigenvalue weighted by molar-refractivity contribution is 7.21. The Bertz CT molecular complexity index is 934. The van der Waals surface area contributed by atoms with Gasteiger partial charge in [0.15, 0.2) is 0 Å². The number of rotatable bonds is 8. The van der Waals surface area contributed by atoms with Crippen LogP contribution in [0.5, 0.6) is 0 Å². The second-order valence-electron chi connectivity index (χ2n) is 8.24. The van der Waals surface area contributed by atoms with Crippen molar-refractivity contribution < 1.29 is 0 Å². The number of fused-ring (bicyclic) bond motifs is 1. The maximum atomic E-state index is 4.90. The zero-order valence-electron chi connectivity index (χ0n) is 17.7. The Morgan fingerprint density at radius 2 is 1.97 bits per heavy atom. The van der Waals surface area contributed by atoms with Crippen molar-refractivity contribution in [3.05, 3.63) is 30.0 Å². The minimum Gasteiger partial charge on any atom is -0.367 e. The predicted octanol–water partition coefficient (Wildman–Crippen LogP) is 6.26. The van der Waals surface area contributed by atoms with Crippen LogP contribution in [0.25, 0.3) is 20.8 Å². The number of aromatic nitrogens is 3. The van der Waals surface area contributed by atoms with Crippen LogP contribution in [0.15, 0.2) is 24.3 Å². The van der Waals surface area contributed by atoms with E-state index in [0.717, 1.165) is 52.4 Å². The van der Waals surface area contributed by atoms with Gasteiger partial charge in [0.05, 0.1) is 21.5 Å². The average Bonchev–Trinajstić information content (AvgIpc) is 3.30. The molecule has 6 heteroatoms. The molecule has 0 bridgehead atoms. The number of nitrogens with zero attached hydrogens (tertiary/aromatic N) is 3. The van der Waals surface area contributed by atoms with E-state index in [2.05, 4.69) is 49.6 Å². The lowest BCUT2D eigenvalue weighted by atomic mass is 10.1. The molecule has 0 amide bonds. The smallest absolute Gasteiger partial charge is 0.224 e. The van der Waals surface area contributed by atoms with Gasteiger partial charge in [-0.15, -0.1) is 11.3 Å². The van der Waals surface area contributed by atoms with E-state index in [1.54, 1.807) is 11.3 Å². The van der Waals surface area contributed by atoms with Gasteiger partial charge in [-0.05, 0) is 50.7 Å². The van der Waals surface area contributed by atoms with Gasteiger partial charge in [0.25, 0.3) is 0 Å². The van der Waals surface area contributed by atoms with E-state index in [1.807, 2.05) is 6.07 Å². The fraction of sp³-hybridized carbons (Fsp3) is 0.522. The lowest BCUT2D eigenvalue weighted by molar-refractivity contribution is 0.602. The molecule has 1 aromatic carbocycles. The lowest BCUT2D eigenvalue weighted by Gasteiger charge is -2.18. The quantitative estimate of drug-likeness (QED) is 0.430. The van der Waals surface area contributed by atoms with E-state index in [0.29, 0.717) is 6.04 Å². The van der Waals surface area contributed by atoms with Crippen molar-refractivity contribution in [1.82, 2.24) is 15.0 Å². The van der Waals surface area contributed by atoms with E-state index in [-0.39, 0.29) is 0 Å². The molecule has 0 unspecified atom stereocenters. The third-order valence-electron chi connectivity index (χ3n) is 5.70. The summed E-state index contributed by atoms with van der Waals surface area (Å²) in [5, 5.41) is 8.16. The summed E-state index contributed by atoms with van der Waals surface area (Å²) in [5.74, 6) is 2.42. The molecule has 2 N–H and O–H groups in total. The molecule has 2 aromatic heterocycles. The molecule has 0 spiro atoms. The topological polar surface area (TPSA) is 62.7 Å². The Balaban J connectivity index is 1.67. The molecule has 29 heavy (non-hydrogen) atoms. The molecule has 154 valence electrons. The Hall–Kier alpha value is -2.21. The number of para-hydroxylation sites is 1. The van der Waals surface area contributed by atoms with Crippen LogP contribution in [0.2, 0.25) is 0 Å². The Labute approximate surface area is 177 Å². The van der Waals surface area contributed by atoms with Crippen LogP contribution in [-0.2, 0) is 0 Å². The molecule has 0 radical (unpaired) electrons. The molecular weight excluding hydrogens is 378 g/mol. The van der Waals surface area contributed by atoms with Gasteiger partial charge in [0.1, 0.15) is 10.8 Å². The molecule has 3 aromatic rings. The van der Waals surface area contributed by atoms with E-state index in [9.17, 15) is 0 Å². The summed E-state index contributed by atoms with van der Waals surface area (Å²) in [7, 11) is 0. The van der Waals surface area contributed by atoms with Gasteiger partial charge in [-0.3, -0.25) is 0 Å². The maximum absolute atomic E-state index is 4.90. The molecule has 1 aliphatic carbocycles. The molecule has 0 aliphatic heterocycles. The predicted molar refractivity (Wildman–Crippen MR) is 124 cm³/mol. The van der Waals surface area contributed by atoms with Crippen molar-refractivity contribution >= 4 is 33.3 Å². The number of hydrogen-bond acceptors (Lipinski definition) is 6. The van der Waals surface area contributed by atoms with E-state index in [4.69, 9.17) is 15.0 Å². The van der Waals surface area contributed by atoms with Crippen LogP contribution in [0.1, 0.15) is 58.1 Å². The Morgan fingerprint density at radius 1 is 1.10 bits per heavy atom. The minimum absolute atomic E-state index is 0.473. The van der Waals surface area contributed by atoms with Crippen LogP contribution < -0.4 is 10.6 Å². The third-order valence-corrected chi connectivity index (χ3v) is 6.75. The first-order valence-corrected chi connectivity index (χ1v) is 11.7. The molecule has 1 aliphatic rings. The van der Waals surface area contributed by atoms with Gasteiger partial charge in [0, 0.05) is 12.6 Å². The molecule has 4 rings (SSSR count). The van der Waals surface area contributed by atoms with Crippen molar-refractivity contribution in [2.45, 2.75) is 65.3 Å². The van der Waals surface area contributed by atoms with E-state index < -0.39 is 0 Å². The van der Waals surface area contributed by atoms with Crippen molar-refractivity contribution in [2.75, 3.05) is 17.2 Å². The Morgan fingerprint density at radius 3 is 2.72 bits per heavy atom. The second-order valence-corrected chi connectivity index (χ2v) is 9.27. The first kappa shape index (κ1) is 20.1. The van der Waals surface area contributed by atoms with Crippen LogP contribution in [0, 0.1) is 12.8 Å². The Kier molecular flexibility index (Phi) is 6.28. The standard InChI is InChI=1S/C23H31N5S/c1-4-5-8-13-24-23-25-16(3)20(21(28-23)26-17-12-11-15(2)14-17)22-27-18-9-6-7-10-19(18)29-22/h6-7,9-10,15,17H,4-5,8,11-14H2,1-3H3,(H2,24,25,26,28)/t15-,17-/m1/s1. The summed E-state index contributed by atoms with van der Waals surface area (Å²) in [6.07, 6.45) is 7.25. The monoisotopic (exact) mass is 409 g/mol. The van der Waals surface area contributed by atoms with Gasteiger partial charge < -0.3 is 10.6 Å².